The maximum atomic E-state index is 14.7. The van der Waals surface area contributed by atoms with Crippen LogP contribution in [0.1, 0.15) is 5.56 Å². The van der Waals surface area contributed by atoms with Gasteiger partial charge in [-0.25, -0.2) is 14.4 Å². The highest BCUT2D eigenvalue weighted by Gasteiger charge is 2.30. The summed E-state index contributed by atoms with van der Waals surface area (Å²) in [6, 6.07) is 8.28. The number of hydrogen-bond donors (Lipinski definition) is 3. The third-order valence-electron chi connectivity index (χ3n) is 4.93. The molecule has 4 rings (SSSR count). The number of imidazole rings is 1. The molecule has 0 aliphatic carbocycles. The average Bonchev–Trinajstić information content (AvgIpc) is 3.25. The van der Waals surface area contributed by atoms with Crippen molar-refractivity contribution in [3.63, 3.8) is 0 Å². The van der Waals surface area contributed by atoms with Crippen LogP contribution in [-0.2, 0) is 18.0 Å². The van der Waals surface area contributed by atoms with Crippen LogP contribution in [0.15, 0.2) is 73.8 Å². The van der Waals surface area contributed by atoms with Gasteiger partial charge in [0, 0.05) is 30.7 Å². The quantitative estimate of drug-likeness (QED) is 0.226. The van der Waals surface area contributed by atoms with Crippen LogP contribution in [0.4, 0.5) is 46.5 Å². The third-order valence-corrected chi connectivity index (χ3v) is 4.93. The minimum absolute atomic E-state index is 0.0347. The Morgan fingerprint density at radius 2 is 1.83 bits per heavy atom. The lowest BCUT2D eigenvalue weighted by Gasteiger charge is -2.15. The van der Waals surface area contributed by atoms with Crippen LogP contribution < -0.4 is 16.0 Å². The molecular weight excluding hydrogens is 478 g/mol. The first kappa shape index (κ1) is 24.4. The van der Waals surface area contributed by atoms with E-state index in [1.807, 2.05) is 0 Å². The van der Waals surface area contributed by atoms with Crippen LogP contribution in [0, 0.1) is 5.82 Å². The SMILES string of the molecule is C=CC(=O)Nc1ccc(F)c(Nc2nc(Nc3cn(C)cn3)ncc2-c2ccc(C(F)(F)F)cc2)c1. The number of amides is 1. The molecule has 0 unspecified atom stereocenters. The Hall–Kier alpha value is -4.74. The van der Waals surface area contributed by atoms with E-state index in [4.69, 9.17) is 0 Å². The maximum absolute atomic E-state index is 14.7. The summed E-state index contributed by atoms with van der Waals surface area (Å²) < 4.78 is 55.4. The van der Waals surface area contributed by atoms with E-state index in [1.165, 1.54) is 30.5 Å². The minimum atomic E-state index is -4.49. The number of carbonyl (C=O) groups is 1. The van der Waals surface area contributed by atoms with Crippen molar-refractivity contribution in [1.82, 2.24) is 19.5 Å². The van der Waals surface area contributed by atoms with Crippen LogP contribution in [0.5, 0.6) is 0 Å². The van der Waals surface area contributed by atoms with Crippen LogP contribution in [0.3, 0.4) is 0 Å². The van der Waals surface area contributed by atoms with Gasteiger partial charge in [-0.3, -0.25) is 4.79 Å². The highest BCUT2D eigenvalue weighted by molar-refractivity contribution is 5.99. The summed E-state index contributed by atoms with van der Waals surface area (Å²) in [5.74, 6) is -0.464. The van der Waals surface area contributed by atoms with Gasteiger partial charge in [0.05, 0.1) is 17.6 Å². The van der Waals surface area contributed by atoms with Crippen molar-refractivity contribution in [2.45, 2.75) is 6.18 Å². The van der Waals surface area contributed by atoms with Crippen molar-refractivity contribution in [2.75, 3.05) is 16.0 Å². The Morgan fingerprint density at radius 3 is 2.47 bits per heavy atom. The summed E-state index contributed by atoms with van der Waals surface area (Å²) in [6.07, 6.45) is 1.22. The number of carbonyl (C=O) groups excluding carboxylic acids is 1. The zero-order valence-electron chi connectivity index (χ0n) is 18.8. The predicted octanol–water partition coefficient (Wildman–Crippen LogP) is 5.65. The molecule has 0 radical (unpaired) electrons. The van der Waals surface area contributed by atoms with Gasteiger partial charge in [-0.1, -0.05) is 18.7 Å². The van der Waals surface area contributed by atoms with Crippen LogP contribution in [0.25, 0.3) is 11.1 Å². The second-order valence-corrected chi connectivity index (χ2v) is 7.59. The molecule has 36 heavy (non-hydrogen) atoms. The fourth-order valence-corrected chi connectivity index (χ4v) is 3.20. The Bertz CT molecular complexity index is 1410. The topological polar surface area (TPSA) is 96.8 Å². The monoisotopic (exact) mass is 497 g/mol. The number of benzene rings is 2. The first-order valence-corrected chi connectivity index (χ1v) is 10.4. The fourth-order valence-electron chi connectivity index (χ4n) is 3.20. The van der Waals surface area contributed by atoms with E-state index in [9.17, 15) is 22.4 Å². The normalized spacial score (nSPS) is 11.1. The van der Waals surface area contributed by atoms with E-state index in [0.717, 1.165) is 24.3 Å². The van der Waals surface area contributed by atoms with Crippen molar-refractivity contribution in [3.8, 4) is 11.1 Å². The molecule has 0 saturated carbocycles. The van der Waals surface area contributed by atoms with Gasteiger partial charge in [0.25, 0.3) is 0 Å². The van der Waals surface area contributed by atoms with Gasteiger partial charge in [-0.2, -0.15) is 18.2 Å². The first-order valence-electron chi connectivity index (χ1n) is 10.4. The van der Waals surface area contributed by atoms with Gasteiger partial charge < -0.3 is 20.5 Å². The Balaban J connectivity index is 1.74. The van der Waals surface area contributed by atoms with Crippen molar-refractivity contribution in [3.05, 3.63) is 85.2 Å². The molecule has 12 heteroatoms. The van der Waals surface area contributed by atoms with Crippen molar-refractivity contribution in [2.24, 2.45) is 7.05 Å². The Morgan fingerprint density at radius 1 is 1.08 bits per heavy atom. The zero-order chi connectivity index (χ0) is 25.9. The molecule has 2 aromatic heterocycles. The van der Waals surface area contributed by atoms with E-state index in [0.29, 0.717) is 22.6 Å². The Labute approximate surface area is 202 Å². The van der Waals surface area contributed by atoms with Crippen molar-refractivity contribution < 1.29 is 22.4 Å². The molecular formula is C24H19F4N7O. The van der Waals surface area contributed by atoms with E-state index in [2.05, 4.69) is 37.5 Å². The molecule has 8 nitrogen and oxygen atoms in total. The summed E-state index contributed by atoms with van der Waals surface area (Å²) in [6.45, 7) is 3.37. The number of halogens is 4. The molecule has 0 saturated heterocycles. The van der Waals surface area contributed by atoms with E-state index >= 15 is 0 Å². The van der Waals surface area contributed by atoms with Crippen LogP contribution in [-0.4, -0.2) is 25.4 Å². The fraction of sp³-hybridized carbons (Fsp3) is 0.0833. The average molecular weight is 497 g/mol. The second-order valence-electron chi connectivity index (χ2n) is 7.59. The number of nitrogens with one attached hydrogen (secondary N) is 3. The van der Waals surface area contributed by atoms with Crippen molar-refractivity contribution in [1.29, 1.82) is 0 Å². The molecule has 0 atom stereocenters. The van der Waals surface area contributed by atoms with Gasteiger partial charge in [0.1, 0.15) is 11.6 Å². The lowest BCUT2D eigenvalue weighted by Crippen LogP contribution is -2.08. The number of aryl methyl sites for hydroxylation is 1. The third kappa shape index (κ3) is 5.66. The largest absolute Gasteiger partial charge is 0.416 e. The van der Waals surface area contributed by atoms with Gasteiger partial charge in [0.2, 0.25) is 11.9 Å². The highest BCUT2D eigenvalue weighted by atomic mass is 19.4. The maximum Gasteiger partial charge on any atom is 0.416 e. The number of aromatic nitrogens is 4. The molecule has 4 aromatic rings. The molecule has 0 aliphatic rings. The lowest BCUT2D eigenvalue weighted by molar-refractivity contribution is -0.137. The lowest BCUT2D eigenvalue weighted by atomic mass is 10.1. The summed E-state index contributed by atoms with van der Waals surface area (Å²) in [5.41, 5.74) is 0.127. The molecule has 3 N–H and O–H groups in total. The molecule has 0 fully saturated rings. The minimum Gasteiger partial charge on any atom is -0.338 e. The summed E-state index contributed by atoms with van der Waals surface area (Å²) >= 11 is 0. The molecule has 0 spiro atoms. The van der Waals surface area contributed by atoms with E-state index < -0.39 is 23.5 Å². The van der Waals surface area contributed by atoms with Gasteiger partial charge in [-0.15, -0.1) is 0 Å². The molecule has 184 valence electrons. The standard InChI is InChI=1S/C24H19F4N7O/c1-3-21(36)31-16-8-9-18(25)19(10-16)32-22-17(14-4-6-15(7-5-14)24(26,27)28)11-29-23(34-22)33-20-12-35(2)13-30-20/h3-13H,1H2,2H3,(H,31,36)(H2,29,32,33,34). The molecule has 0 bridgehead atoms. The van der Waals surface area contributed by atoms with Gasteiger partial charge in [0.15, 0.2) is 5.82 Å². The Kier molecular flexibility index (Phi) is 6.68. The molecule has 2 aromatic carbocycles. The zero-order valence-corrected chi connectivity index (χ0v) is 18.8. The predicted molar refractivity (Wildman–Crippen MR) is 127 cm³/mol. The van der Waals surface area contributed by atoms with Crippen LogP contribution in [0.2, 0.25) is 0 Å². The molecule has 1 amide bonds. The molecule has 0 aliphatic heterocycles. The number of rotatable bonds is 7. The molecule has 2 heterocycles. The van der Waals surface area contributed by atoms with Gasteiger partial charge in [-0.05, 0) is 42.0 Å². The summed E-state index contributed by atoms with van der Waals surface area (Å²) in [4.78, 5) is 24.4. The number of nitrogens with zero attached hydrogens (tertiary/aromatic N) is 4. The van der Waals surface area contributed by atoms with Gasteiger partial charge >= 0.3 is 6.18 Å². The second kappa shape index (κ2) is 9.86. The number of anilines is 5. The smallest absolute Gasteiger partial charge is 0.338 e. The number of hydrogen-bond acceptors (Lipinski definition) is 6. The first-order chi connectivity index (χ1) is 17.1. The summed E-state index contributed by atoms with van der Waals surface area (Å²) in [7, 11) is 1.78. The van der Waals surface area contributed by atoms with E-state index in [-0.39, 0.29) is 17.5 Å². The number of alkyl halides is 3. The summed E-state index contributed by atoms with van der Waals surface area (Å²) in [5, 5.41) is 8.30. The van der Waals surface area contributed by atoms with Crippen molar-refractivity contribution >= 4 is 34.9 Å². The van der Waals surface area contributed by atoms with E-state index in [1.54, 1.807) is 24.1 Å². The van der Waals surface area contributed by atoms with Crippen LogP contribution >= 0.6 is 0 Å². The highest BCUT2D eigenvalue weighted by Crippen LogP contribution is 2.34.